The average Bonchev–Trinajstić information content (AvgIpc) is 2.76. The molecule has 1 aromatic carbocycles. The van der Waals surface area contributed by atoms with Gasteiger partial charge >= 0.3 is 0 Å². The van der Waals surface area contributed by atoms with Crippen molar-refractivity contribution in [3.05, 3.63) is 35.4 Å². The summed E-state index contributed by atoms with van der Waals surface area (Å²) in [4.78, 5) is 0. The first-order chi connectivity index (χ1) is 8.19. The lowest BCUT2D eigenvalue weighted by atomic mass is 10.1. The SMILES string of the molecule is CN[C@@H]1CC[C@H](NCc2ccc(F)cc2F)C1. The van der Waals surface area contributed by atoms with Crippen LogP contribution < -0.4 is 10.6 Å². The van der Waals surface area contributed by atoms with E-state index in [1.807, 2.05) is 7.05 Å². The lowest BCUT2D eigenvalue weighted by Crippen LogP contribution is -2.29. The molecule has 1 fully saturated rings. The Kier molecular flexibility index (Phi) is 4.07. The molecule has 2 N–H and O–H groups in total. The van der Waals surface area contributed by atoms with Crippen molar-refractivity contribution in [2.45, 2.75) is 37.9 Å². The van der Waals surface area contributed by atoms with Gasteiger partial charge in [-0.3, -0.25) is 0 Å². The molecule has 0 spiro atoms. The number of hydrogen-bond acceptors (Lipinski definition) is 2. The van der Waals surface area contributed by atoms with Crippen LogP contribution in [0.2, 0.25) is 0 Å². The Balaban J connectivity index is 1.86. The molecule has 17 heavy (non-hydrogen) atoms. The lowest BCUT2D eigenvalue weighted by Gasteiger charge is -2.13. The minimum absolute atomic E-state index is 0.428. The van der Waals surface area contributed by atoms with Gasteiger partial charge in [-0.1, -0.05) is 6.07 Å². The maximum Gasteiger partial charge on any atom is 0.130 e. The van der Waals surface area contributed by atoms with E-state index in [-0.39, 0.29) is 0 Å². The summed E-state index contributed by atoms with van der Waals surface area (Å²) in [6.45, 7) is 0.465. The highest BCUT2D eigenvalue weighted by Gasteiger charge is 2.22. The fraction of sp³-hybridized carbons (Fsp3) is 0.538. The van der Waals surface area contributed by atoms with Gasteiger partial charge in [0.25, 0.3) is 0 Å². The summed E-state index contributed by atoms with van der Waals surface area (Å²) in [7, 11) is 1.96. The highest BCUT2D eigenvalue weighted by molar-refractivity contribution is 5.18. The van der Waals surface area contributed by atoms with E-state index in [1.165, 1.54) is 12.1 Å². The Morgan fingerprint density at radius 2 is 2.00 bits per heavy atom. The van der Waals surface area contributed by atoms with E-state index in [0.29, 0.717) is 24.2 Å². The molecule has 2 atom stereocenters. The van der Waals surface area contributed by atoms with Crippen molar-refractivity contribution in [3.8, 4) is 0 Å². The third kappa shape index (κ3) is 3.23. The molecule has 1 aliphatic rings. The van der Waals surface area contributed by atoms with Gasteiger partial charge in [-0.15, -0.1) is 0 Å². The molecule has 4 heteroatoms. The van der Waals surface area contributed by atoms with Crippen LogP contribution in [-0.4, -0.2) is 19.1 Å². The molecule has 1 aliphatic carbocycles. The van der Waals surface area contributed by atoms with Crippen molar-refractivity contribution in [2.24, 2.45) is 0 Å². The van der Waals surface area contributed by atoms with E-state index in [4.69, 9.17) is 0 Å². The molecule has 2 nitrogen and oxygen atoms in total. The summed E-state index contributed by atoms with van der Waals surface area (Å²) in [5, 5.41) is 6.57. The van der Waals surface area contributed by atoms with Crippen molar-refractivity contribution in [1.82, 2.24) is 10.6 Å². The first-order valence-electron chi connectivity index (χ1n) is 6.03. The average molecular weight is 240 g/mol. The molecular weight excluding hydrogens is 222 g/mol. The maximum absolute atomic E-state index is 13.4. The molecule has 1 saturated carbocycles. The maximum atomic E-state index is 13.4. The highest BCUT2D eigenvalue weighted by Crippen LogP contribution is 2.19. The van der Waals surface area contributed by atoms with Crippen molar-refractivity contribution >= 4 is 0 Å². The molecule has 2 rings (SSSR count). The van der Waals surface area contributed by atoms with Crippen LogP contribution in [0.25, 0.3) is 0 Å². The number of benzene rings is 1. The van der Waals surface area contributed by atoms with E-state index in [1.54, 1.807) is 0 Å². The minimum atomic E-state index is -0.526. The van der Waals surface area contributed by atoms with Gasteiger partial charge in [0.05, 0.1) is 0 Å². The van der Waals surface area contributed by atoms with Crippen LogP contribution in [-0.2, 0) is 6.54 Å². The normalized spacial score (nSPS) is 24.2. The highest BCUT2D eigenvalue weighted by atomic mass is 19.1. The second-order valence-electron chi connectivity index (χ2n) is 4.61. The monoisotopic (exact) mass is 240 g/mol. The quantitative estimate of drug-likeness (QED) is 0.843. The van der Waals surface area contributed by atoms with Crippen LogP contribution in [0.1, 0.15) is 24.8 Å². The topological polar surface area (TPSA) is 24.1 Å². The van der Waals surface area contributed by atoms with Crippen LogP contribution in [0.5, 0.6) is 0 Å². The van der Waals surface area contributed by atoms with E-state index in [0.717, 1.165) is 25.3 Å². The molecule has 0 heterocycles. The van der Waals surface area contributed by atoms with Crippen molar-refractivity contribution < 1.29 is 8.78 Å². The van der Waals surface area contributed by atoms with Crippen molar-refractivity contribution in [1.29, 1.82) is 0 Å². The van der Waals surface area contributed by atoms with E-state index in [2.05, 4.69) is 10.6 Å². The number of nitrogens with one attached hydrogen (secondary N) is 2. The zero-order chi connectivity index (χ0) is 12.3. The molecule has 94 valence electrons. The molecule has 0 bridgehead atoms. The molecule has 0 unspecified atom stereocenters. The third-order valence-corrected chi connectivity index (χ3v) is 3.44. The second-order valence-corrected chi connectivity index (χ2v) is 4.61. The van der Waals surface area contributed by atoms with Crippen molar-refractivity contribution in [3.63, 3.8) is 0 Å². The summed E-state index contributed by atoms with van der Waals surface area (Å²) in [6, 6.07) is 4.72. The van der Waals surface area contributed by atoms with Crippen LogP contribution in [0.3, 0.4) is 0 Å². The predicted octanol–water partition coefficient (Wildman–Crippen LogP) is 2.19. The van der Waals surface area contributed by atoms with Gasteiger partial charge in [0.2, 0.25) is 0 Å². The van der Waals surface area contributed by atoms with E-state index in [9.17, 15) is 8.78 Å². The number of hydrogen-bond donors (Lipinski definition) is 2. The Bertz CT molecular complexity index is 382. The number of rotatable bonds is 4. The fourth-order valence-corrected chi connectivity index (χ4v) is 2.35. The van der Waals surface area contributed by atoms with Crippen molar-refractivity contribution in [2.75, 3.05) is 7.05 Å². The number of halogens is 2. The van der Waals surface area contributed by atoms with Gasteiger partial charge in [-0.05, 0) is 32.4 Å². The van der Waals surface area contributed by atoms with E-state index < -0.39 is 11.6 Å². The summed E-state index contributed by atoms with van der Waals surface area (Å²) in [6.07, 6.45) is 3.33. The van der Waals surface area contributed by atoms with Crippen LogP contribution >= 0.6 is 0 Å². The minimum Gasteiger partial charge on any atom is -0.317 e. The first kappa shape index (κ1) is 12.5. The third-order valence-electron chi connectivity index (χ3n) is 3.44. The molecule has 1 aromatic rings. The largest absolute Gasteiger partial charge is 0.317 e. The van der Waals surface area contributed by atoms with Crippen LogP contribution in [0.15, 0.2) is 18.2 Å². The molecule has 0 saturated heterocycles. The summed E-state index contributed by atoms with van der Waals surface area (Å²) in [5.74, 6) is -0.997. The molecule has 0 amide bonds. The summed E-state index contributed by atoms with van der Waals surface area (Å²) >= 11 is 0. The van der Waals surface area contributed by atoms with Gasteiger partial charge < -0.3 is 10.6 Å². The first-order valence-corrected chi connectivity index (χ1v) is 6.03. The smallest absolute Gasteiger partial charge is 0.130 e. The van der Waals surface area contributed by atoms with Crippen LogP contribution in [0, 0.1) is 11.6 Å². The lowest BCUT2D eigenvalue weighted by molar-refractivity contribution is 0.488. The fourth-order valence-electron chi connectivity index (χ4n) is 2.35. The zero-order valence-electron chi connectivity index (χ0n) is 9.97. The molecule has 0 aromatic heterocycles. The van der Waals surface area contributed by atoms with Gasteiger partial charge in [0.15, 0.2) is 0 Å². The van der Waals surface area contributed by atoms with Gasteiger partial charge in [0.1, 0.15) is 11.6 Å². The Morgan fingerprint density at radius 3 is 2.65 bits per heavy atom. The Labute approximate surface area is 100 Å². The van der Waals surface area contributed by atoms with Gasteiger partial charge in [-0.25, -0.2) is 8.78 Å². The Hall–Kier alpha value is -1.00. The van der Waals surface area contributed by atoms with Crippen LogP contribution in [0.4, 0.5) is 8.78 Å². The zero-order valence-corrected chi connectivity index (χ0v) is 9.97. The predicted molar refractivity (Wildman–Crippen MR) is 63.7 cm³/mol. The molecule has 0 radical (unpaired) electrons. The second kappa shape index (κ2) is 5.56. The van der Waals surface area contributed by atoms with Gasteiger partial charge in [0, 0.05) is 30.3 Å². The van der Waals surface area contributed by atoms with Gasteiger partial charge in [-0.2, -0.15) is 0 Å². The molecular formula is C13H18F2N2. The van der Waals surface area contributed by atoms with E-state index >= 15 is 0 Å². The molecule has 0 aliphatic heterocycles. The Morgan fingerprint density at radius 1 is 1.24 bits per heavy atom. The summed E-state index contributed by atoms with van der Waals surface area (Å²) in [5.41, 5.74) is 0.527. The summed E-state index contributed by atoms with van der Waals surface area (Å²) < 4.78 is 26.1. The standard InChI is InChI=1S/C13H18F2N2/c1-16-11-4-5-12(7-11)17-8-9-2-3-10(14)6-13(9)15/h2-3,6,11-12,16-17H,4-5,7-8H2,1H3/t11-,12+/m1/s1.